The third-order valence-corrected chi connectivity index (χ3v) is 3.78. The Morgan fingerprint density at radius 3 is 2.50 bits per heavy atom. The van der Waals surface area contributed by atoms with Crippen molar-refractivity contribution in [2.75, 3.05) is 25.5 Å². The summed E-state index contributed by atoms with van der Waals surface area (Å²) < 4.78 is 5.16. The van der Waals surface area contributed by atoms with Gasteiger partial charge in [-0.05, 0) is 29.8 Å². The second-order valence-corrected chi connectivity index (χ2v) is 5.56. The predicted molar refractivity (Wildman–Crippen MR) is 94.9 cm³/mol. The lowest BCUT2D eigenvalue weighted by Crippen LogP contribution is -2.32. The van der Waals surface area contributed by atoms with Gasteiger partial charge in [-0.3, -0.25) is 9.69 Å². The summed E-state index contributed by atoms with van der Waals surface area (Å²) in [7, 11) is 1.60. The van der Waals surface area contributed by atoms with Crippen molar-refractivity contribution in [3.05, 3.63) is 59.7 Å². The highest BCUT2D eigenvalue weighted by Crippen LogP contribution is 2.16. The topological polar surface area (TPSA) is 61.8 Å². The van der Waals surface area contributed by atoms with Crippen LogP contribution in [0.25, 0.3) is 0 Å². The van der Waals surface area contributed by atoms with Gasteiger partial charge in [0.1, 0.15) is 5.75 Å². The number of aliphatic hydroxyl groups excluding tert-OH is 1. The van der Waals surface area contributed by atoms with Crippen molar-refractivity contribution in [2.24, 2.45) is 0 Å². The first-order valence-electron chi connectivity index (χ1n) is 7.99. The molecular weight excluding hydrogens is 304 g/mol. The average molecular weight is 328 g/mol. The number of carbonyl (C=O) groups excluding carboxylic acids is 1. The number of methoxy groups -OCH3 is 1. The van der Waals surface area contributed by atoms with E-state index >= 15 is 0 Å². The van der Waals surface area contributed by atoms with Crippen molar-refractivity contribution in [3.8, 4) is 5.75 Å². The Hall–Kier alpha value is -2.37. The number of benzene rings is 2. The van der Waals surface area contributed by atoms with Crippen LogP contribution < -0.4 is 10.1 Å². The van der Waals surface area contributed by atoms with E-state index in [-0.39, 0.29) is 12.5 Å². The van der Waals surface area contributed by atoms with Crippen LogP contribution in [0.15, 0.2) is 48.5 Å². The molecule has 1 amide bonds. The van der Waals surface area contributed by atoms with Crippen LogP contribution in [-0.4, -0.2) is 36.1 Å². The second-order valence-electron chi connectivity index (χ2n) is 5.56. The number of hydrogen-bond donors (Lipinski definition) is 2. The maximum absolute atomic E-state index is 12.2. The van der Waals surface area contributed by atoms with Gasteiger partial charge in [0.25, 0.3) is 0 Å². The molecule has 0 saturated heterocycles. The van der Waals surface area contributed by atoms with Gasteiger partial charge in [-0.2, -0.15) is 0 Å². The molecule has 0 unspecified atom stereocenters. The molecule has 0 aliphatic heterocycles. The lowest BCUT2D eigenvalue weighted by atomic mass is 10.1. The molecule has 2 aromatic rings. The molecule has 5 heteroatoms. The Kier molecular flexibility index (Phi) is 6.78. The summed E-state index contributed by atoms with van der Waals surface area (Å²) in [4.78, 5) is 14.3. The molecule has 0 saturated carbocycles. The fourth-order valence-corrected chi connectivity index (χ4v) is 2.39. The maximum atomic E-state index is 12.2. The summed E-state index contributed by atoms with van der Waals surface area (Å²) in [5.74, 6) is 0.654. The van der Waals surface area contributed by atoms with Crippen molar-refractivity contribution in [2.45, 2.75) is 20.1 Å². The first-order valence-corrected chi connectivity index (χ1v) is 7.99. The fourth-order valence-electron chi connectivity index (χ4n) is 2.39. The molecule has 5 nitrogen and oxygen atoms in total. The van der Waals surface area contributed by atoms with Gasteiger partial charge in [-0.25, -0.2) is 0 Å². The van der Waals surface area contributed by atoms with Crippen LogP contribution >= 0.6 is 0 Å². The van der Waals surface area contributed by atoms with E-state index in [1.54, 1.807) is 13.2 Å². The summed E-state index contributed by atoms with van der Waals surface area (Å²) in [5.41, 5.74) is 2.73. The molecule has 0 radical (unpaired) electrons. The highest BCUT2D eigenvalue weighted by atomic mass is 16.5. The summed E-state index contributed by atoms with van der Waals surface area (Å²) in [6.07, 6.45) is 0. The molecule has 0 atom stereocenters. The van der Waals surface area contributed by atoms with Crippen molar-refractivity contribution in [1.82, 2.24) is 4.90 Å². The fraction of sp³-hybridized carbons (Fsp3) is 0.316. The van der Waals surface area contributed by atoms with E-state index in [0.717, 1.165) is 23.4 Å². The lowest BCUT2D eigenvalue weighted by molar-refractivity contribution is -0.117. The predicted octanol–water partition coefficient (Wildman–Crippen LogP) is 2.65. The highest BCUT2D eigenvalue weighted by Gasteiger charge is 2.10. The van der Waals surface area contributed by atoms with Gasteiger partial charge in [0, 0.05) is 18.3 Å². The minimum absolute atomic E-state index is 0.0424. The summed E-state index contributed by atoms with van der Waals surface area (Å²) in [6.45, 7) is 3.85. The molecule has 0 aliphatic rings. The number of amides is 1. The van der Waals surface area contributed by atoms with Gasteiger partial charge < -0.3 is 15.2 Å². The number of nitrogens with zero attached hydrogens (tertiary/aromatic N) is 1. The van der Waals surface area contributed by atoms with Gasteiger partial charge >= 0.3 is 0 Å². The largest absolute Gasteiger partial charge is 0.497 e. The van der Waals surface area contributed by atoms with Gasteiger partial charge in [0.2, 0.25) is 5.91 Å². The molecule has 0 spiro atoms. The molecule has 2 rings (SSSR count). The molecule has 0 fully saturated rings. The van der Waals surface area contributed by atoms with Gasteiger partial charge in [0.15, 0.2) is 0 Å². The summed E-state index contributed by atoms with van der Waals surface area (Å²) >= 11 is 0. The summed E-state index contributed by atoms with van der Waals surface area (Å²) in [5, 5.41) is 12.0. The molecule has 24 heavy (non-hydrogen) atoms. The zero-order valence-corrected chi connectivity index (χ0v) is 14.2. The van der Waals surface area contributed by atoms with E-state index in [9.17, 15) is 4.79 Å². The second kappa shape index (κ2) is 9.05. The Labute approximate surface area is 142 Å². The van der Waals surface area contributed by atoms with Gasteiger partial charge in [-0.1, -0.05) is 37.3 Å². The van der Waals surface area contributed by atoms with Crippen molar-refractivity contribution in [3.63, 3.8) is 0 Å². The number of rotatable bonds is 8. The average Bonchev–Trinajstić information content (AvgIpc) is 2.61. The Balaban J connectivity index is 1.91. The standard InChI is InChI=1S/C19H24N2O3/c1-3-21(12-15-7-9-16(14-22)10-8-15)13-19(23)20-17-5-4-6-18(11-17)24-2/h4-11,22H,3,12-14H2,1-2H3,(H,20,23). The van der Waals surface area contributed by atoms with Crippen LogP contribution in [0.3, 0.4) is 0 Å². The first-order chi connectivity index (χ1) is 11.6. The Morgan fingerprint density at radius 1 is 1.17 bits per heavy atom. The SMILES string of the molecule is CCN(CC(=O)Nc1cccc(OC)c1)Cc1ccc(CO)cc1. The Morgan fingerprint density at radius 2 is 1.88 bits per heavy atom. The number of likely N-dealkylation sites (N-methyl/N-ethyl adjacent to an activating group) is 1. The number of anilines is 1. The number of nitrogens with one attached hydrogen (secondary N) is 1. The minimum atomic E-state index is -0.0583. The van der Waals surface area contributed by atoms with Crippen molar-refractivity contribution in [1.29, 1.82) is 0 Å². The van der Waals surface area contributed by atoms with E-state index in [2.05, 4.69) is 10.2 Å². The molecule has 0 bridgehead atoms. The van der Waals surface area contributed by atoms with Crippen LogP contribution in [-0.2, 0) is 17.9 Å². The number of ether oxygens (including phenoxy) is 1. The van der Waals surface area contributed by atoms with E-state index in [1.165, 1.54) is 0 Å². The molecule has 128 valence electrons. The Bertz CT molecular complexity index is 656. The minimum Gasteiger partial charge on any atom is -0.497 e. The molecule has 0 aliphatic carbocycles. The maximum Gasteiger partial charge on any atom is 0.238 e. The van der Waals surface area contributed by atoms with E-state index in [1.807, 2.05) is 49.4 Å². The van der Waals surface area contributed by atoms with Crippen LogP contribution in [0.4, 0.5) is 5.69 Å². The van der Waals surface area contributed by atoms with Gasteiger partial charge in [-0.15, -0.1) is 0 Å². The van der Waals surface area contributed by atoms with Crippen LogP contribution in [0, 0.1) is 0 Å². The molecule has 2 aromatic carbocycles. The quantitative estimate of drug-likeness (QED) is 0.782. The highest BCUT2D eigenvalue weighted by molar-refractivity contribution is 5.92. The molecule has 0 heterocycles. The normalized spacial score (nSPS) is 10.7. The summed E-state index contributed by atoms with van der Waals surface area (Å²) in [6, 6.07) is 15.1. The smallest absolute Gasteiger partial charge is 0.238 e. The van der Waals surface area contributed by atoms with Crippen LogP contribution in [0.2, 0.25) is 0 Å². The third-order valence-electron chi connectivity index (χ3n) is 3.78. The number of hydrogen-bond acceptors (Lipinski definition) is 4. The zero-order chi connectivity index (χ0) is 17.4. The molecular formula is C19H24N2O3. The van der Waals surface area contributed by atoms with E-state index in [0.29, 0.717) is 18.8 Å². The van der Waals surface area contributed by atoms with Gasteiger partial charge in [0.05, 0.1) is 20.3 Å². The van der Waals surface area contributed by atoms with E-state index in [4.69, 9.17) is 9.84 Å². The lowest BCUT2D eigenvalue weighted by Gasteiger charge is -2.20. The number of carbonyl (C=O) groups is 1. The van der Waals surface area contributed by atoms with Crippen LogP contribution in [0.1, 0.15) is 18.1 Å². The van der Waals surface area contributed by atoms with E-state index < -0.39 is 0 Å². The molecule has 2 N–H and O–H groups in total. The molecule has 0 aromatic heterocycles. The third kappa shape index (κ3) is 5.37. The zero-order valence-electron chi connectivity index (χ0n) is 14.2. The van der Waals surface area contributed by atoms with Crippen molar-refractivity contribution < 1.29 is 14.6 Å². The monoisotopic (exact) mass is 328 g/mol. The van der Waals surface area contributed by atoms with Crippen molar-refractivity contribution >= 4 is 11.6 Å². The first kappa shape index (κ1) is 18.0. The van der Waals surface area contributed by atoms with Crippen LogP contribution in [0.5, 0.6) is 5.75 Å². The number of aliphatic hydroxyl groups is 1.